The number of hydrogen-bond donors (Lipinski definition) is 2. The van der Waals surface area contributed by atoms with Crippen LogP contribution in [0.1, 0.15) is 36.3 Å². The lowest BCUT2D eigenvalue weighted by molar-refractivity contribution is -0.145. The summed E-state index contributed by atoms with van der Waals surface area (Å²) in [6, 6.07) is 15.4. The van der Waals surface area contributed by atoms with E-state index in [1.807, 2.05) is 30.5 Å². The molecule has 0 saturated heterocycles. The molecule has 2 aliphatic rings. The number of benzene rings is 2. The number of rotatable bonds is 11. The topological polar surface area (TPSA) is 95.9 Å². The number of ether oxygens (including phenoxy) is 1. The number of amides is 2. The van der Waals surface area contributed by atoms with E-state index >= 15 is 0 Å². The number of hydrogen-bond acceptors (Lipinski definition) is 5. The van der Waals surface area contributed by atoms with Gasteiger partial charge in [0.25, 0.3) is 0 Å². The number of carboxylic acids is 1. The molecule has 2 amide bonds. The molecule has 2 N–H and O–H groups in total. The highest BCUT2D eigenvalue weighted by atomic mass is 32.2. The Morgan fingerprint density at radius 3 is 2.26 bits per heavy atom. The predicted molar refractivity (Wildman–Crippen MR) is 132 cm³/mol. The molecule has 0 aromatic heterocycles. The van der Waals surface area contributed by atoms with Crippen molar-refractivity contribution in [1.82, 2.24) is 10.2 Å². The predicted octanol–water partition coefficient (Wildman–Crippen LogP) is 3.97. The van der Waals surface area contributed by atoms with Crippen LogP contribution in [0.2, 0.25) is 0 Å². The van der Waals surface area contributed by atoms with E-state index in [9.17, 15) is 19.5 Å². The minimum absolute atomic E-state index is 0.0687. The molecular formula is C26H30N2O5S. The number of aliphatic carboxylic acids is 1. The van der Waals surface area contributed by atoms with Crippen molar-refractivity contribution in [3.8, 4) is 11.1 Å². The van der Waals surface area contributed by atoms with E-state index in [-0.39, 0.29) is 25.0 Å². The minimum Gasteiger partial charge on any atom is -0.480 e. The Morgan fingerprint density at radius 1 is 1.09 bits per heavy atom. The molecule has 0 spiro atoms. The zero-order valence-corrected chi connectivity index (χ0v) is 20.1. The summed E-state index contributed by atoms with van der Waals surface area (Å²) < 4.78 is 5.62. The lowest BCUT2D eigenvalue weighted by Gasteiger charge is -2.26. The Kier molecular flexibility index (Phi) is 7.77. The third kappa shape index (κ3) is 5.73. The first-order valence-corrected chi connectivity index (χ1v) is 13.0. The summed E-state index contributed by atoms with van der Waals surface area (Å²) in [5.41, 5.74) is 4.53. The van der Waals surface area contributed by atoms with Crippen LogP contribution in [0.15, 0.2) is 48.5 Å². The lowest BCUT2D eigenvalue weighted by atomic mass is 9.98. The first kappa shape index (κ1) is 24.1. The Morgan fingerprint density at radius 2 is 1.71 bits per heavy atom. The smallest absolute Gasteiger partial charge is 0.407 e. The van der Waals surface area contributed by atoms with Crippen LogP contribution in [0.4, 0.5) is 4.79 Å². The fourth-order valence-corrected chi connectivity index (χ4v) is 4.95. The van der Waals surface area contributed by atoms with Crippen molar-refractivity contribution in [2.45, 2.75) is 31.2 Å². The van der Waals surface area contributed by atoms with E-state index in [1.54, 1.807) is 0 Å². The normalized spacial score (nSPS) is 15.2. The maximum atomic E-state index is 13.2. The summed E-state index contributed by atoms with van der Waals surface area (Å²) in [6.07, 6.45) is 3.78. The number of alkyl carbamates (subject to hydrolysis) is 1. The van der Waals surface area contributed by atoms with Crippen LogP contribution in [-0.2, 0) is 14.3 Å². The minimum atomic E-state index is -1.07. The maximum absolute atomic E-state index is 13.2. The molecule has 1 fully saturated rings. The summed E-state index contributed by atoms with van der Waals surface area (Å²) >= 11 is 1.54. The van der Waals surface area contributed by atoms with Crippen LogP contribution < -0.4 is 5.32 Å². The molecule has 7 nitrogen and oxygen atoms in total. The molecule has 2 aromatic rings. The molecule has 2 aliphatic carbocycles. The highest BCUT2D eigenvalue weighted by molar-refractivity contribution is 7.98. The Hall–Kier alpha value is -3.00. The second-order valence-electron chi connectivity index (χ2n) is 8.85. The standard InChI is InChI=1S/C26H30N2O5S/c1-34-13-12-28(15-24(29)30)25(31)23(14-17-10-11-17)27-26(32)33-16-22-20-8-4-2-6-18(20)19-7-3-5-9-21(19)22/h2-9,17,22-23H,10-16H2,1H3,(H,27,32)(H,29,30)/t23-/m0/s1. The molecule has 34 heavy (non-hydrogen) atoms. The summed E-state index contributed by atoms with van der Waals surface area (Å²) in [4.78, 5) is 38.5. The van der Waals surface area contributed by atoms with Crippen molar-refractivity contribution in [2.24, 2.45) is 5.92 Å². The number of fused-ring (bicyclic) bond motifs is 3. The molecule has 1 saturated carbocycles. The molecule has 0 bridgehead atoms. The zero-order chi connectivity index (χ0) is 24.1. The third-order valence-corrected chi connectivity index (χ3v) is 6.99. The van der Waals surface area contributed by atoms with Gasteiger partial charge < -0.3 is 20.1 Å². The SMILES string of the molecule is CSCCN(CC(=O)O)C(=O)[C@H](CC1CC1)NC(=O)OCC1c2ccccc2-c2ccccc21. The van der Waals surface area contributed by atoms with E-state index in [1.165, 1.54) is 16.7 Å². The van der Waals surface area contributed by atoms with Gasteiger partial charge >= 0.3 is 12.1 Å². The Bertz CT molecular complexity index is 1010. The van der Waals surface area contributed by atoms with Crippen molar-refractivity contribution in [3.63, 3.8) is 0 Å². The number of nitrogens with zero attached hydrogens (tertiary/aromatic N) is 1. The first-order valence-electron chi connectivity index (χ1n) is 11.6. The molecule has 8 heteroatoms. The van der Waals surface area contributed by atoms with E-state index in [4.69, 9.17) is 4.74 Å². The van der Waals surface area contributed by atoms with Crippen molar-refractivity contribution in [1.29, 1.82) is 0 Å². The van der Waals surface area contributed by atoms with E-state index < -0.39 is 18.1 Å². The molecule has 1 atom stereocenters. The number of carbonyl (C=O) groups excluding carboxylic acids is 2. The third-order valence-electron chi connectivity index (χ3n) is 6.40. The van der Waals surface area contributed by atoms with Gasteiger partial charge in [-0.05, 0) is 40.8 Å². The molecule has 180 valence electrons. The molecule has 2 aromatic carbocycles. The van der Waals surface area contributed by atoms with Gasteiger partial charge in [0, 0.05) is 18.2 Å². The van der Waals surface area contributed by atoms with Gasteiger partial charge in [-0.2, -0.15) is 11.8 Å². The fourth-order valence-electron chi connectivity index (χ4n) is 4.54. The maximum Gasteiger partial charge on any atom is 0.407 e. The Balaban J connectivity index is 1.42. The number of nitrogens with one attached hydrogen (secondary N) is 1. The summed E-state index contributed by atoms with van der Waals surface area (Å²) in [5.74, 6) is -0.506. The summed E-state index contributed by atoms with van der Waals surface area (Å²) in [7, 11) is 0. The van der Waals surface area contributed by atoms with Gasteiger partial charge in [-0.25, -0.2) is 4.79 Å². The van der Waals surface area contributed by atoms with Gasteiger partial charge in [-0.15, -0.1) is 0 Å². The summed E-state index contributed by atoms with van der Waals surface area (Å²) in [5, 5.41) is 12.0. The van der Waals surface area contributed by atoms with Gasteiger partial charge in [0.1, 0.15) is 19.2 Å². The molecule has 0 aliphatic heterocycles. The number of carboxylic acid groups (broad SMARTS) is 1. The summed E-state index contributed by atoms with van der Waals surface area (Å²) in [6.45, 7) is 0.0995. The number of thioether (sulfide) groups is 1. The molecule has 0 heterocycles. The lowest BCUT2D eigenvalue weighted by Crippen LogP contribution is -2.51. The van der Waals surface area contributed by atoms with E-state index in [2.05, 4.69) is 29.6 Å². The molecular weight excluding hydrogens is 452 g/mol. The molecule has 0 radical (unpaired) electrons. The highest BCUT2D eigenvalue weighted by Gasteiger charge is 2.34. The van der Waals surface area contributed by atoms with Gasteiger partial charge in [0.05, 0.1) is 0 Å². The van der Waals surface area contributed by atoms with Crippen LogP contribution >= 0.6 is 11.8 Å². The van der Waals surface area contributed by atoms with Crippen LogP contribution in [0.3, 0.4) is 0 Å². The van der Waals surface area contributed by atoms with Gasteiger partial charge in [-0.1, -0.05) is 61.4 Å². The van der Waals surface area contributed by atoms with Crippen LogP contribution in [0.5, 0.6) is 0 Å². The average molecular weight is 483 g/mol. The zero-order valence-electron chi connectivity index (χ0n) is 19.2. The highest BCUT2D eigenvalue weighted by Crippen LogP contribution is 2.44. The van der Waals surface area contributed by atoms with E-state index in [0.29, 0.717) is 24.6 Å². The van der Waals surface area contributed by atoms with Crippen molar-refractivity contribution in [2.75, 3.05) is 31.7 Å². The molecule has 0 unspecified atom stereocenters. The average Bonchev–Trinajstić information content (AvgIpc) is 3.60. The van der Waals surface area contributed by atoms with E-state index in [0.717, 1.165) is 35.1 Å². The number of carbonyl (C=O) groups is 3. The van der Waals surface area contributed by atoms with Crippen LogP contribution in [-0.4, -0.2) is 65.7 Å². The second kappa shape index (κ2) is 11.0. The fraction of sp³-hybridized carbons (Fsp3) is 0.423. The quantitative estimate of drug-likeness (QED) is 0.503. The monoisotopic (exact) mass is 482 g/mol. The molecule has 4 rings (SSSR count). The first-order chi connectivity index (χ1) is 16.5. The van der Waals surface area contributed by atoms with Crippen molar-refractivity contribution >= 4 is 29.7 Å². The van der Waals surface area contributed by atoms with Crippen molar-refractivity contribution < 1.29 is 24.2 Å². The van der Waals surface area contributed by atoms with Gasteiger partial charge in [-0.3, -0.25) is 9.59 Å². The van der Waals surface area contributed by atoms with Crippen LogP contribution in [0.25, 0.3) is 11.1 Å². The largest absolute Gasteiger partial charge is 0.480 e. The Labute approximate surface area is 203 Å². The second-order valence-corrected chi connectivity index (χ2v) is 9.83. The van der Waals surface area contributed by atoms with Gasteiger partial charge in [0.15, 0.2) is 0 Å². The van der Waals surface area contributed by atoms with Gasteiger partial charge in [0.2, 0.25) is 5.91 Å². The van der Waals surface area contributed by atoms with Crippen LogP contribution in [0, 0.1) is 5.92 Å². The van der Waals surface area contributed by atoms with Crippen molar-refractivity contribution in [3.05, 3.63) is 59.7 Å².